The summed E-state index contributed by atoms with van der Waals surface area (Å²) in [5.41, 5.74) is 0. The Kier molecular flexibility index (Phi) is 4.18. The zero-order valence-electron chi connectivity index (χ0n) is 9.61. The van der Waals surface area contributed by atoms with E-state index < -0.39 is 0 Å². The fourth-order valence-corrected chi connectivity index (χ4v) is 2.77. The Morgan fingerprint density at radius 1 is 1.41 bits per heavy atom. The van der Waals surface area contributed by atoms with Crippen molar-refractivity contribution in [3.63, 3.8) is 0 Å². The summed E-state index contributed by atoms with van der Waals surface area (Å²) in [6.07, 6.45) is 2.81. The minimum Gasteiger partial charge on any atom is -0.384 e. The fourth-order valence-electron chi connectivity index (χ4n) is 1.87. The van der Waals surface area contributed by atoms with Crippen molar-refractivity contribution in [3.05, 3.63) is 21.9 Å². The SMILES string of the molecule is O=C1CCCCN1Cc1ccc(C#CCO)s1. The highest BCUT2D eigenvalue weighted by Crippen LogP contribution is 2.20. The third-order valence-corrected chi connectivity index (χ3v) is 3.71. The largest absolute Gasteiger partial charge is 0.384 e. The Hall–Kier alpha value is -1.31. The number of likely N-dealkylation sites (tertiary alicyclic amines) is 1. The smallest absolute Gasteiger partial charge is 0.222 e. The summed E-state index contributed by atoms with van der Waals surface area (Å²) in [6.45, 7) is 1.45. The Morgan fingerprint density at radius 3 is 3.06 bits per heavy atom. The molecule has 4 heteroatoms. The van der Waals surface area contributed by atoms with Gasteiger partial charge in [-0.3, -0.25) is 4.79 Å². The van der Waals surface area contributed by atoms with E-state index >= 15 is 0 Å². The van der Waals surface area contributed by atoms with Gasteiger partial charge in [0.1, 0.15) is 6.61 Å². The van der Waals surface area contributed by atoms with Crippen LogP contribution < -0.4 is 0 Å². The minimum atomic E-state index is -0.113. The highest BCUT2D eigenvalue weighted by atomic mass is 32.1. The van der Waals surface area contributed by atoms with Crippen molar-refractivity contribution in [1.29, 1.82) is 0 Å². The van der Waals surface area contributed by atoms with Gasteiger partial charge in [-0.25, -0.2) is 0 Å². The number of hydrogen-bond donors (Lipinski definition) is 1. The molecule has 17 heavy (non-hydrogen) atoms. The van der Waals surface area contributed by atoms with Crippen LogP contribution in [0.2, 0.25) is 0 Å². The summed E-state index contributed by atoms with van der Waals surface area (Å²) in [5, 5.41) is 8.61. The van der Waals surface area contributed by atoms with Gasteiger partial charge in [0.2, 0.25) is 5.91 Å². The molecule has 1 N–H and O–H groups in total. The molecule has 0 aliphatic carbocycles. The molecule has 1 amide bonds. The lowest BCUT2D eigenvalue weighted by molar-refractivity contribution is -0.133. The van der Waals surface area contributed by atoms with Gasteiger partial charge in [0, 0.05) is 17.8 Å². The predicted octanol–water partition coefficient (Wildman–Crippen LogP) is 1.60. The Morgan fingerprint density at radius 2 is 2.29 bits per heavy atom. The molecule has 1 saturated heterocycles. The van der Waals surface area contributed by atoms with Crippen LogP contribution in [0.15, 0.2) is 12.1 Å². The standard InChI is InChI=1S/C13H15NO2S/c15-9-3-4-11-6-7-12(17-11)10-14-8-2-1-5-13(14)16/h6-7,15H,1-2,5,8-10H2. The van der Waals surface area contributed by atoms with Crippen molar-refractivity contribution in [1.82, 2.24) is 4.90 Å². The van der Waals surface area contributed by atoms with Crippen LogP contribution in [-0.2, 0) is 11.3 Å². The Labute approximate surface area is 105 Å². The van der Waals surface area contributed by atoms with E-state index in [2.05, 4.69) is 11.8 Å². The number of carbonyl (C=O) groups excluding carboxylic acids is 1. The Balaban J connectivity index is 1.98. The maximum Gasteiger partial charge on any atom is 0.222 e. The van der Waals surface area contributed by atoms with E-state index in [1.54, 1.807) is 11.3 Å². The van der Waals surface area contributed by atoms with Crippen molar-refractivity contribution < 1.29 is 9.90 Å². The summed E-state index contributed by atoms with van der Waals surface area (Å²) in [6, 6.07) is 3.95. The molecule has 0 radical (unpaired) electrons. The third-order valence-electron chi connectivity index (χ3n) is 2.72. The molecular weight excluding hydrogens is 234 g/mol. The van der Waals surface area contributed by atoms with E-state index in [1.165, 1.54) is 0 Å². The van der Waals surface area contributed by atoms with Gasteiger partial charge >= 0.3 is 0 Å². The van der Waals surface area contributed by atoms with E-state index in [4.69, 9.17) is 5.11 Å². The number of aliphatic hydroxyl groups excluding tert-OH is 1. The van der Waals surface area contributed by atoms with E-state index in [9.17, 15) is 4.79 Å². The van der Waals surface area contributed by atoms with E-state index in [0.29, 0.717) is 13.0 Å². The molecule has 0 saturated carbocycles. The van der Waals surface area contributed by atoms with Gasteiger partial charge in [-0.2, -0.15) is 0 Å². The average Bonchev–Trinajstić information content (AvgIpc) is 2.77. The molecule has 0 spiro atoms. The molecule has 1 aromatic heterocycles. The van der Waals surface area contributed by atoms with E-state index in [-0.39, 0.29) is 12.5 Å². The van der Waals surface area contributed by atoms with E-state index in [0.717, 1.165) is 29.1 Å². The maximum absolute atomic E-state index is 11.6. The third kappa shape index (κ3) is 3.32. The first-order valence-corrected chi connectivity index (χ1v) is 6.57. The molecule has 3 nitrogen and oxygen atoms in total. The summed E-state index contributed by atoms with van der Waals surface area (Å²) in [7, 11) is 0. The molecule has 1 aliphatic rings. The average molecular weight is 249 g/mol. The lowest BCUT2D eigenvalue weighted by Crippen LogP contribution is -2.34. The lowest BCUT2D eigenvalue weighted by atomic mass is 10.1. The second-order valence-corrected chi connectivity index (χ2v) is 5.17. The monoisotopic (exact) mass is 249 g/mol. The number of piperidine rings is 1. The number of rotatable bonds is 2. The normalized spacial score (nSPS) is 15.6. The van der Waals surface area contributed by atoms with Gasteiger partial charge in [-0.1, -0.05) is 11.8 Å². The second-order valence-electron chi connectivity index (χ2n) is 4.00. The van der Waals surface area contributed by atoms with Crippen molar-refractivity contribution in [3.8, 4) is 11.8 Å². The van der Waals surface area contributed by atoms with Crippen LogP contribution >= 0.6 is 11.3 Å². The molecule has 2 rings (SSSR count). The molecule has 0 atom stereocenters. The quantitative estimate of drug-likeness (QED) is 0.809. The summed E-state index contributed by atoms with van der Waals surface area (Å²) < 4.78 is 0. The number of carbonyl (C=O) groups is 1. The molecule has 1 fully saturated rings. The topological polar surface area (TPSA) is 40.5 Å². The minimum absolute atomic E-state index is 0.113. The summed E-state index contributed by atoms with van der Waals surface area (Å²) >= 11 is 1.59. The molecule has 1 aromatic rings. The van der Waals surface area contributed by atoms with Crippen molar-refractivity contribution >= 4 is 17.2 Å². The predicted molar refractivity (Wildman–Crippen MR) is 67.6 cm³/mol. The zero-order chi connectivity index (χ0) is 12.1. The molecule has 0 bridgehead atoms. The van der Waals surface area contributed by atoms with Crippen LogP contribution in [0.3, 0.4) is 0 Å². The van der Waals surface area contributed by atoms with Gasteiger partial charge in [0.15, 0.2) is 0 Å². The highest BCUT2D eigenvalue weighted by molar-refractivity contribution is 7.12. The van der Waals surface area contributed by atoms with Crippen LogP contribution in [0.5, 0.6) is 0 Å². The van der Waals surface area contributed by atoms with Gasteiger partial charge in [0.25, 0.3) is 0 Å². The molecule has 0 unspecified atom stereocenters. The Bertz CT molecular complexity index is 455. The molecular formula is C13H15NO2S. The van der Waals surface area contributed by atoms with Gasteiger partial charge in [-0.05, 0) is 25.0 Å². The lowest BCUT2D eigenvalue weighted by Gasteiger charge is -2.26. The second kappa shape index (κ2) is 5.85. The van der Waals surface area contributed by atoms with Crippen LogP contribution in [0.1, 0.15) is 29.0 Å². The van der Waals surface area contributed by atoms with Gasteiger partial charge < -0.3 is 10.0 Å². The first-order chi connectivity index (χ1) is 8.29. The molecule has 2 heterocycles. The zero-order valence-corrected chi connectivity index (χ0v) is 10.4. The van der Waals surface area contributed by atoms with Gasteiger partial charge in [0.05, 0.1) is 11.4 Å². The van der Waals surface area contributed by atoms with E-state index in [1.807, 2.05) is 17.0 Å². The van der Waals surface area contributed by atoms with Crippen LogP contribution in [0, 0.1) is 11.8 Å². The molecule has 1 aliphatic heterocycles. The summed E-state index contributed by atoms with van der Waals surface area (Å²) in [5.74, 6) is 5.76. The van der Waals surface area contributed by atoms with Crippen molar-refractivity contribution in [2.75, 3.05) is 13.2 Å². The van der Waals surface area contributed by atoms with Crippen molar-refractivity contribution in [2.45, 2.75) is 25.8 Å². The number of nitrogens with zero attached hydrogens (tertiary/aromatic N) is 1. The highest BCUT2D eigenvalue weighted by Gasteiger charge is 2.18. The first kappa shape index (κ1) is 12.2. The fraction of sp³-hybridized carbons (Fsp3) is 0.462. The number of thiophene rings is 1. The van der Waals surface area contributed by atoms with Crippen molar-refractivity contribution in [2.24, 2.45) is 0 Å². The maximum atomic E-state index is 11.6. The molecule has 90 valence electrons. The summed E-state index contributed by atoms with van der Waals surface area (Å²) in [4.78, 5) is 15.7. The first-order valence-electron chi connectivity index (χ1n) is 5.76. The number of aliphatic hydroxyl groups is 1. The van der Waals surface area contributed by atoms with Crippen LogP contribution in [-0.4, -0.2) is 29.1 Å². The van der Waals surface area contributed by atoms with Crippen LogP contribution in [0.4, 0.5) is 0 Å². The molecule has 0 aromatic carbocycles. The van der Waals surface area contributed by atoms with Gasteiger partial charge in [-0.15, -0.1) is 11.3 Å². The van der Waals surface area contributed by atoms with Crippen LogP contribution in [0.25, 0.3) is 0 Å². The number of amides is 1. The number of hydrogen-bond acceptors (Lipinski definition) is 3.